The molecule has 0 aromatic carbocycles. The van der Waals surface area contributed by atoms with Gasteiger partial charge in [0.1, 0.15) is 67.1 Å². The maximum absolute atomic E-state index is 14.2. The number of carbonyl (C=O) groups excluding carboxylic acids is 4. The molecule has 0 saturated carbocycles. The summed E-state index contributed by atoms with van der Waals surface area (Å²) in [6.45, 7) is 15.2. The van der Waals surface area contributed by atoms with Crippen molar-refractivity contribution in [1.82, 2.24) is 0 Å². The topological polar surface area (TPSA) is 380 Å². The number of aliphatic hydroxyl groups is 9. The van der Waals surface area contributed by atoms with Crippen LogP contribution in [0.5, 0.6) is 0 Å². The standard InChI is InChI=1S/C68H116O27/c1-11-14-16-17-18-19-22-25-29-33-45(71)88-58-53(79)55(93-68-61(95-64-51(77)49(75)48(74)44(35-69)87-64)60(91-63(81)37(5)38(6)70)56(42(10)85-68)90-62(80)36(4)13-3)41(9)83-66(58)92-54-40(8)84-67-59(52(54)78)89-46(72)34-30-26-23-20-21-24-28-32-43(31-27-15-12-2)86-65-57(94-67)50(76)47(73)39(7)82-65/h13,37-44,47-61,64-70,73-79H,11-12,14-35H2,1-10H3. The summed E-state index contributed by atoms with van der Waals surface area (Å²) in [6, 6.07) is 0. The molecule has 28 atom stereocenters. The first-order chi connectivity index (χ1) is 45.3. The highest BCUT2D eigenvalue weighted by Crippen LogP contribution is 2.40. The van der Waals surface area contributed by atoms with Gasteiger partial charge in [0.2, 0.25) is 0 Å². The average Bonchev–Trinajstić information content (AvgIpc) is 0.773. The van der Waals surface area contributed by atoms with Crippen LogP contribution in [0.2, 0.25) is 0 Å². The number of unbranched alkanes of at least 4 members (excludes halogenated alkanes) is 10. The molecule has 0 aromatic heterocycles. The number of ether oxygens (including phenoxy) is 14. The van der Waals surface area contributed by atoms with Crippen LogP contribution in [0.3, 0.4) is 0 Å². The normalized spacial score (nSPS) is 39.6. The van der Waals surface area contributed by atoms with Crippen molar-refractivity contribution < 1.29 is 131 Å². The number of aliphatic hydroxyl groups excluding tert-OH is 9. The highest BCUT2D eigenvalue weighted by atomic mass is 16.8. The molecular formula is C68H116O27. The Bertz CT molecular complexity index is 2290. The minimum absolute atomic E-state index is 0.0366. The van der Waals surface area contributed by atoms with Crippen LogP contribution in [0, 0.1) is 5.92 Å². The van der Waals surface area contributed by atoms with Crippen molar-refractivity contribution in [2.75, 3.05) is 6.61 Å². The van der Waals surface area contributed by atoms with E-state index < -0.39 is 196 Å². The zero-order valence-electron chi connectivity index (χ0n) is 57.6. The van der Waals surface area contributed by atoms with Gasteiger partial charge in [-0.2, -0.15) is 0 Å². The van der Waals surface area contributed by atoms with Gasteiger partial charge in [0.05, 0.1) is 49.1 Å². The van der Waals surface area contributed by atoms with E-state index >= 15 is 0 Å². The first kappa shape index (κ1) is 80.8. The van der Waals surface area contributed by atoms with E-state index in [9.17, 15) is 65.1 Å². The van der Waals surface area contributed by atoms with Crippen LogP contribution >= 0.6 is 0 Å². The monoisotopic (exact) mass is 1360 g/mol. The number of esters is 4. The molecule has 95 heavy (non-hydrogen) atoms. The minimum atomic E-state index is -2.06. The van der Waals surface area contributed by atoms with E-state index in [1.165, 1.54) is 47.6 Å². The fraction of sp³-hybridized carbons (Fsp3) is 0.912. The Labute approximate surface area is 560 Å². The third kappa shape index (κ3) is 22.9. The number of hydrogen-bond donors (Lipinski definition) is 9. The van der Waals surface area contributed by atoms with Crippen LogP contribution < -0.4 is 0 Å². The summed E-state index contributed by atoms with van der Waals surface area (Å²) in [5, 5.41) is 102. The lowest BCUT2D eigenvalue weighted by molar-refractivity contribution is -0.395. The molecule has 28 unspecified atom stereocenters. The van der Waals surface area contributed by atoms with Crippen LogP contribution in [0.25, 0.3) is 0 Å². The van der Waals surface area contributed by atoms with Crippen LogP contribution in [-0.2, 0) is 85.5 Å². The number of carbonyl (C=O) groups is 4. The van der Waals surface area contributed by atoms with Gasteiger partial charge in [-0.05, 0) is 81.1 Å². The highest BCUT2D eigenvalue weighted by Gasteiger charge is 2.59. The number of fused-ring (bicyclic) bond motifs is 2. The maximum atomic E-state index is 14.2. The lowest BCUT2D eigenvalue weighted by Crippen LogP contribution is -2.68. The summed E-state index contributed by atoms with van der Waals surface area (Å²) in [4.78, 5) is 55.6. The fourth-order valence-electron chi connectivity index (χ4n) is 12.8. The SMILES string of the molecule is CC=C(C)C(=O)OC1C(C)OC(OC2C(C)OC(OC3C(C)OC4OC5C(OC(CCCCC)CCCCCCCCCC(=O)OC4C3O)OC(C)C(O)C5O)C(OC(=O)CCCCCCCCCCC)C2O)C(OC2OC(CO)C(O)C(O)C2O)C1OC(=O)C(C)C(C)O. The van der Waals surface area contributed by atoms with Gasteiger partial charge in [0.25, 0.3) is 0 Å². The van der Waals surface area contributed by atoms with Gasteiger partial charge in [-0.1, -0.05) is 129 Å². The van der Waals surface area contributed by atoms with Crippen molar-refractivity contribution in [1.29, 1.82) is 0 Å². The molecule has 0 spiro atoms. The summed E-state index contributed by atoms with van der Waals surface area (Å²) >= 11 is 0. The van der Waals surface area contributed by atoms with E-state index in [0.29, 0.717) is 32.1 Å². The van der Waals surface area contributed by atoms with Crippen molar-refractivity contribution in [2.45, 2.75) is 383 Å². The van der Waals surface area contributed by atoms with Gasteiger partial charge in [-0.25, -0.2) is 4.79 Å². The fourth-order valence-corrected chi connectivity index (χ4v) is 12.8. The molecule has 9 N–H and O–H groups in total. The molecule has 6 rings (SSSR count). The predicted molar refractivity (Wildman–Crippen MR) is 337 cm³/mol. The third-order valence-corrected chi connectivity index (χ3v) is 19.3. The first-order valence-corrected chi connectivity index (χ1v) is 35.4. The van der Waals surface area contributed by atoms with Crippen molar-refractivity contribution in [3.63, 3.8) is 0 Å². The molecular weight excluding hydrogens is 1250 g/mol. The van der Waals surface area contributed by atoms with Crippen LogP contribution in [-0.4, -0.2) is 242 Å². The molecule has 0 amide bonds. The van der Waals surface area contributed by atoms with Gasteiger partial charge in [0, 0.05) is 18.4 Å². The zero-order chi connectivity index (χ0) is 69.6. The summed E-state index contributed by atoms with van der Waals surface area (Å²) in [5.41, 5.74) is 0.138. The third-order valence-electron chi connectivity index (χ3n) is 19.3. The van der Waals surface area contributed by atoms with Crippen LogP contribution in [0.4, 0.5) is 0 Å². The van der Waals surface area contributed by atoms with Crippen LogP contribution in [0.15, 0.2) is 11.6 Å². The van der Waals surface area contributed by atoms with Gasteiger partial charge < -0.3 is 112 Å². The summed E-state index contributed by atoms with van der Waals surface area (Å²) in [6.07, 6.45) is -22.3. The molecule has 27 heteroatoms. The molecule has 550 valence electrons. The molecule has 6 fully saturated rings. The van der Waals surface area contributed by atoms with Crippen molar-refractivity contribution in [3.05, 3.63) is 11.6 Å². The number of allylic oxidation sites excluding steroid dienone is 1. The van der Waals surface area contributed by atoms with E-state index in [1.807, 2.05) is 0 Å². The van der Waals surface area contributed by atoms with E-state index in [2.05, 4.69) is 13.8 Å². The second kappa shape index (κ2) is 40.3. The van der Waals surface area contributed by atoms with Gasteiger partial charge in [-0.15, -0.1) is 0 Å². The molecule has 6 saturated heterocycles. The van der Waals surface area contributed by atoms with E-state index in [-0.39, 0.29) is 24.5 Å². The Morgan fingerprint density at radius 3 is 1.71 bits per heavy atom. The number of rotatable bonds is 27. The summed E-state index contributed by atoms with van der Waals surface area (Å²) in [5.74, 6) is -4.58. The Hall–Kier alpha value is -3.14. The molecule has 6 aliphatic rings. The van der Waals surface area contributed by atoms with Gasteiger partial charge in [-0.3, -0.25) is 14.4 Å². The quantitative estimate of drug-likeness (QED) is 0.0231. The average molecular weight is 1370 g/mol. The van der Waals surface area contributed by atoms with Crippen molar-refractivity contribution in [3.8, 4) is 0 Å². The highest BCUT2D eigenvalue weighted by molar-refractivity contribution is 5.87. The molecule has 0 aromatic rings. The Morgan fingerprint density at radius 1 is 0.526 bits per heavy atom. The summed E-state index contributed by atoms with van der Waals surface area (Å²) in [7, 11) is 0. The second-order valence-electron chi connectivity index (χ2n) is 26.9. The lowest BCUT2D eigenvalue weighted by Gasteiger charge is -2.50. The van der Waals surface area contributed by atoms with E-state index in [1.54, 1.807) is 13.8 Å². The van der Waals surface area contributed by atoms with Gasteiger partial charge in [0.15, 0.2) is 62.0 Å². The molecule has 0 radical (unpaired) electrons. The molecule has 0 bridgehead atoms. The minimum Gasteiger partial charge on any atom is -0.455 e. The van der Waals surface area contributed by atoms with E-state index in [4.69, 9.17) is 66.3 Å². The zero-order valence-corrected chi connectivity index (χ0v) is 57.6. The lowest BCUT2D eigenvalue weighted by atomic mass is 9.95. The van der Waals surface area contributed by atoms with Crippen molar-refractivity contribution >= 4 is 23.9 Å². The molecule has 6 heterocycles. The molecule has 0 aliphatic carbocycles. The Morgan fingerprint density at radius 2 is 1.07 bits per heavy atom. The largest absolute Gasteiger partial charge is 0.455 e. The van der Waals surface area contributed by atoms with E-state index in [0.717, 1.165) is 103 Å². The smallest absolute Gasteiger partial charge is 0.333 e. The summed E-state index contributed by atoms with van der Waals surface area (Å²) < 4.78 is 88.4. The van der Waals surface area contributed by atoms with Gasteiger partial charge >= 0.3 is 23.9 Å². The Balaban J connectivity index is 1.35. The first-order valence-electron chi connectivity index (χ1n) is 35.4. The van der Waals surface area contributed by atoms with Crippen molar-refractivity contribution in [2.24, 2.45) is 5.92 Å². The predicted octanol–water partition coefficient (Wildman–Crippen LogP) is 4.79. The second-order valence-corrected chi connectivity index (χ2v) is 26.9. The molecule has 27 nitrogen and oxygen atoms in total. The van der Waals surface area contributed by atoms with Crippen LogP contribution in [0.1, 0.15) is 217 Å². The number of hydrogen-bond acceptors (Lipinski definition) is 27. The maximum Gasteiger partial charge on any atom is 0.333 e. The Kier molecular flexibility index (Phi) is 34.3. The molecule has 6 aliphatic heterocycles.